The molecule has 0 aromatic heterocycles. The van der Waals surface area contributed by atoms with Gasteiger partial charge in [-0.25, -0.2) is 13.1 Å². The molecule has 3 N–H and O–H groups in total. The van der Waals surface area contributed by atoms with Crippen LogP contribution in [0.5, 0.6) is 0 Å². The first kappa shape index (κ1) is 12.9. The number of rotatable bonds is 5. The Bertz CT molecular complexity index is 290. The fraction of sp³-hybridized carbons (Fsp3) is 1.00. The van der Waals surface area contributed by atoms with Crippen molar-refractivity contribution in [2.45, 2.75) is 38.4 Å². The lowest BCUT2D eigenvalue weighted by Gasteiger charge is -2.18. The van der Waals surface area contributed by atoms with Crippen molar-refractivity contribution in [1.82, 2.24) is 4.72 Å². The summed E-state index contributed by atoms with van der Waals surface area (Å²) >= 11 is 0. The molecule has 0 bridgehead atoms. The predicted octanol–water partition coefficient (Wildman–Crippen LogP) is 0.689. The lowest BCUT2D eigenvalue weighted by atomic mass is 9.99. The van der Waals surface area contributed by atoms with Crippen LogP contribution in [0.4, 0.5) is 0 Å². The van der Waals surface area contributed by atoms with Crippen LogP contribution in [0.3, 0.4) is 0 Å². The van der Waals surface area contributed by atoms with Gasteiger partial charge in [-0.3, -0.25) is 0 Å². The average molecular weight is 234 g/mol. The van der Waals surface area contributed by atoms with Crippen LogP contribution < -0.4 is 10.5 Å². The molecule has 15 heavy (non-hydrogen) atoms. The Labute approximate surface area is 92.7 Å². The van der Waals surface area contributed by atoms with Gasteiger partial charge in [0.15, 0.2) is 0 Å². The number of hydrogen-bond acceptors (Lipinski definition) is 3. The highest BCUT2D eigenvalue weighted by Crippen LogP contribution is 2.30. The second-order valence-corrected chi connectivity index (χ2v) is 6.79. The van der Waals surface area contributed by atoms with Crippen molar-refractivity contribution in [2.24, 2.45) is 17.6 Å². The summed E-state index contributed by atoms with van der Waals surface area (Å²) in [4.78, 5) is 0. The molecule has 0 aromatic carbocycles. The molecule has 4 nitrogen and oxygen atoms in total. The Morgan fingerprint density at radius 3 is 2.60 bits per heavy atom. The summed E-state index contributed by atoms with van der Waals surface area (Å²) in [5.41, 5.74) is 5.35. The summed E-state index contributed by atoms with van der Waals surface area (Å²) in [6.45, 7) is 4.59. The van der Waals surface area contributed by atoms with Crippen molar-refractivity contribution in [3.05, 3.63) is 0 Å². The van der Waals surface area contributed by atoms with Crippen LogP contribution in [0.25, 0.3) is 0 Å². The van der Waals surface area contributed by atoms with Crippen LogP contribution in [0.15, 0.2) is 0 Å². The van der Waals surface area contributed by atoms with Gasteiger partial charge in [0.2, 0.25) is 10.0 Å². The van der Waals surface area contributed by atoms with E-state index in [0.717, 1.165) is 6.42 Å². The van der Waals surface area contributed by atoms with Gasteiger partial charge in [0.25, 0.3) is 0 Å². The predicted molar refractivity (Wildman–Crippen MR) is 61.9 cm³/mol. The highest BCUT2D eigenvalue weighted by atomic mass is 32.2. The monoisotopic (exact) mass is 234 g/mol. The first-order chi connectivity index (χ1) is 6.97. The first-order valence-electron chi connectivity index (χ1n) is 5.66. The maximum atomic E-state index is 11.6. The van der Waals surface area contributed by atoms with Crippen molar-refractivity contribution in [1.29, 1.82) is 0 Å². The van der Waals surface area contributed by atoms with Crippen LogP contribution in [-0.2, 0) is 10.0 Å². The molecule has 90 valence electrons. The van der Waals surface area contributed by atoms with Crippen LogP contribution in [0, 0.1) is 11.8 Å². The molecular formula is C10H22N2O2S. The molecule has 0 amide bonds. The van der Waals surface area contributed by atoms with Gasteiger partial charge in [-0.1, -0.05) is 19.8 Å². The van der Waals surface area contributed by atoms with Gasteiger partial charge < -0.3 is 5.73 Å². The molecule has 1 aliphatic rings. The average Bonchev–Trinajstić information content (AvgIpc) is 2.60. The second kappa shape index (κ2) is 5.27. The summed E-state index contributed by atoms with van der Waals surface area (Å²) in [5.74, 6) is 1.14. The quantitative estimate of drug-likeness (QED) is 0.735. The molecule has 1 rings (SSSR count). The van der Waals surface area contributed by atoms with Gasteiger partial charge in [0.05, 0.1) is 5.25 Å². The summed E-state index contributed by atoms with van der Waals surface area (Å²) in [5, 5.41) is -0.491. The number of nitrogens with two attached hydrogens (primary N) is 1. The third-order valence-corrected chi connectivity index (χ3v) is 5.27. The van der Waals surface area contributed by atoms with E-state index in [9.17, 15) is 8.42 Å². The number of hydrogen-bond donors (Lipinski definition) is 2. The van der Waals surface area contributed by atoms with E-state index in [1.807, 2.05) is 0 Å². The van der Waals surface area contributed by atoms with Crippen LogP contribution in [0.1, 0.15) is 33.1 Å². The third-order valence-electron chi connectivity index (χ3n) is 3.45. The highest BCUT2D eigenvalue weighted by Gasteiger charge is 2.26. The van der Waals surface area contributed by atoms with Crippen molar-refractivity contribution >= 4 is 10.0 Å². The van der Waals surface area contributed by atoms with Crippen LogP contribution >= 0.6 is 0 Å². The van der Waals surface area contributed by atoms with Crippen molar-refractivity contribution in [2.75, 3.05) is 13.1 Å². The van der Waals surface area contributed by atoms with E-state index in [4.69, 9.17) is 5.73 Å². The minimum Gasteiger partial charge on any atom is -0.329 e. The van der Waals surface area contributed by atoms with E-state index in [-0.39, 0.29) is 6.54 Å². The zero-order valence-electron chi connectivity index (χ0n) is 9.57. The molecule has 1 fully saturated rings. The Hall–Kier alpha value is -0.130. The molecule has 0 spiro atoms. The van der Waals surface area contributed by atoms with Gasteiger partial charge >= 0.3 is 0 Å². The largest absolute Gasteiger partial charge is 0.329 e. The van der Waals surface area contributed by atoms with E-state index in [1.165, 1.54) is 12.8 Å². The molecule has 1 aliphatic carbocycles. The Kier molecular flexibility index (Phi) is 4.55. The highest BCUT2D eigenvalue weighted by molar-refractivity contribution is 7.90. The van der Waals surface area contributed by atoms with Crippen molar-refractivity contribution in [3.8, 4) is 0 Å². The Morgan fingerprint density at radius 1 is 1.47 bits per heavy atom. The minimum atomic E-state index is -3.20. The lowest BCUT2D eigenvalue weighted by Crippen LogP contribution is -2.39. The molecule has 0 aliphatic heterocycles. The molecule has 0 aromatic rings. The van der Waals surface area contributed by atoms with Crippen molar-refractivity contribution < 1.29 is 8.42 Å². The molecule has 0 heterocycles. The zero-order valence-corrected chi connectivity index (χ0v) is 10.4. The summed E-state index contributed by atoms with van der Waals surface area (Å²) in [6.07, 6.45) is 3.58. The zero-order chi connectivity index (χ0) is 11.5. The van der Waals surface area contributed by atoms with Crippen LogP contribution in [0.2, 0.25) is 0 Å². The minimum absolute atomic E-state index is 0.176. The standard InChI is InChI=1S/C10H22N2O2S/c1-8-4-3-5-10(8)7-12-15(13,14)9(2)6-11/h8-10,12H,3-7,11H2,1-2H3. The molecule has 5 heteroatoms. The van der Waals surface area contributed by atoms with Gasteiger partial charge in [-0.2, -0.15) is 0 Å². The molecule has 3 unspecified atom stereocenters. The Morgan fingerprint density at radius 2 is 2.13 bits per heavy atom. The molecule has 3 atom stereocenters. The van der Waals surface area contributed by atoms with E-state index >= 15 is 0 Å². The number of sulfonamides is 1. The fourth-order valence-electron chi connectivity index (χ4n) is 2.02. The van der Waals surface area contributed by atoms with Gasteiger partial charge in [0, 0.05) is 13.1 Å². The van der Waals surface area contributed by atoms with Gasteiger partial charge in [-0.15, -0.1) is 0 Å². The first-order valence-corrected chi connectivity index (χ1v) is 7.20. The lowest BCUT2D eigenvalue weighted by molar-refractivity contribution is 0.413. The van der Waals surface area contributed by atoms with Gasteiger partial charge in [-0.05, 0) is 25.2 Å². The summed E-state index contributed by atoms with van der Waals surface area (Å²) in [6, 6.07) is 0. The van der Waals surface area contributed by atoms with Crippen molar-refractivity contribution in [3.63, 3.8) is 0 Å². The van der Waals surface area contributed by atoms with E-state index in [2.05, 4.69) is 11.6 Å². The van der Waals surface area contributed by atoms with Crippen LogP contribution in [-0.4, -0.2) is 26.8 Å². The van der Waals surface area contributed by atoms with Gasteiger partial charge in [0.1, 0.15) is 0 Å². The molecular weight excluding hydrogens is 212 g/mol. The second-order valence-electron chi connectivity index (χ2n) is 4.61. The maximum absolute atomic E-state index is 11.6. The summed E-state index contributed by atoms with van der Waals surface area (Å²) < 4.78 is 25.9. The maximum Gasteiger partial charge on any atom is 0.215 e. The van der Waals surface area contributed by atoms with E-state index < -0.39 is 15.3 Å². The van der Waals surface area contributed by atoms with E-state index in [0.29, 0.717) is 18.4 Å². The van der Waals surface area contributed by atoms with E-state index in [1.54, 1.807) is 6.92 Å². The normalized spacial score (nSPS) is 29.3. The molecule has 0 saturated heterocycles. The third kappa shape index (κ3) is 3.43. The fourth-order valence-corrected chi connectivity index (χ4v) is 3.00. The molecule has 1 saturated carbocycles. The Balaban J connectivity index is 2.42. The topological polar surface area (TPSA) is 72.2 Å². The SMILES string of the molecule is CC1CCCC1CNS(=O)(=O)C(C)CN. The number of nitrogens with one attached hydrogen (secondary N) is 1. The molecule has 0 radical (unpaired) electrons. The smallest absolute Gasteiger partial charge is 0.215 e. The summed E-state index contributed by atoms with van der Waals surface area (Å²) in [7, 11) is -3.20.